The second-order valence-corrected chi connectivity index (χ2v) is 7.33. The number of anilines is 1. The molecule has 1 aliphatic heterocycles. The minimum Gasteiger partial charge on any atom is -0.382 e. The van der Waals surface area contributed by atoms with Crippen LogP contribution in [-0.4, -0.2) is 33.9 Å². The lowest BCUT2D eigenvalue weighted by Crippen LogP contribution is -2.41. The SMILES string of the molecule is O=C1NCC=NN1c1cc(Cl)c(Cc2ccc(C(O)c3cnc[nH]3)cc2)c(Cl)c1. The van der Waals surface area contributed by atoms with E-state index < -0.39 is 6.10 Å². The Morgan fingerprint density at radius 1 is 1.17 bits per heavy atom. The normalized spacial score (nSPS) is 14.7. The molecular weight excluding hydrogens is 413 g/mol. The van der Waals surface area contributed by atoms with E-state index in [9.17, 15) is 9.90 Å². The minimum atomic E-state index is -0.769. The van der Waals surface area contributed by atoms with E-state index in [0.29, 0.717) is 34.4 Å². The molecule has 0 fully saturated rings. The number of hydrogen-bond acceptors (Lipinski definition) is 4. The highest BCUT2D eigenvalue weighted by molar-refractivity contribution is 6.36. The molecule has 7 nitrogen and oxygen atoms in total. The van der Waals surface area contributed by atoms with Gasteiger partial charge in [-0.1, -0.05) is 47.5 Å². The van der Waals surface area contributed by atoms with Crippen LogP contribution < -0.4 is 10.3 Å². The third-order valence-electron chi connectivity index (χ3n) is 4.59. The predicted octanol–water partition coefficient (Wildman–Crippen LogP) is 3.90. The zero-order valence-electron chi connectivity index (χ0n) is 15.1. The Bertz CT molecular complexity index is 1030. The fraction of sp³-hybridized carbons (Fsp3) is 0.150. The molecule has 148 valence electrons. The highest BCUT2D eigenvalue weighted by Gasteiger charge is 2.20. The molecule has 0 radical (unpaired) electrons. The Hall–Kier alpha value is -2.87. The van der Waals surface area contributed by atoms with E-state index in [1.165, 1.54) is 11.3 Å². The first-order valence-corrected chi connectivity index (χ1v) is 9.62. The Kier molecular flexibility index (Phi) is 5.53. The molecule has 1 aliphatic rings. The molecule has 1 unspecified atom stereocenters. The molecule has 0 spiro atoms. The third kappa shape index (κ3) is 4.12. The maximum atomic E-state index is 12.0. The number of rotatable bonds is 5. The number of hydrogen-bond donors (Lipinski definition) is 3. The Balaban J connectivity index is 1.54. The second-order valence-electron chi connectivity index (χ2n) is 6.51. The van der Waals surface area contributed by atoms with E-state index in [2.05, 4.69) is 20.4 Å². The molecule has 29 heavy (non-hydrogen) atoms. The maximum absolute atomic E-state index is 12.0. The van der Waals surface area contributed by atoms with Crippen LogP contribution in [0.3, 0.4) is 0 Å². The number of benzene rings is 2. The van der Waals surface area contributed by atoms with Gasteiger partial charge in [-0.25, -0.2) is 9.78 Å². The fourth-order valence-electron chi connectivity index (χ4n) is 3.07. The smallest absolute Gasteiger partial charge is 0.342 e. The van der Waals surface area contributed by atoms with Crippen molar-refractivity contribution in [3.63, 3.8) is 0 Å². The quantitative estimate of drug-likeness (QED) is 0.573. The summed E-state index contributed by atoms with van der Waals surface area (Å²) in [5.41, 5.74) is 3.61. The van der Waals surface area contributed by atoms with Crippen molar-refractivity contribution in [3.8, 4) is 0 Å². The maximum Gasteiger partial charge on any atom is 0.342 e. The van der Waals surface area contributed by atoms with Crippen LogP contribution in [-0.2, 0) is 6.42 Å². The van der Waals surface area contributed by atoms with Crippen LogP contribution in [0.25, 0.3) is 0 Å². The number of aliphatic hydroxyl groups is 1. The van der Waals surface area contributed by atoms with Gasteiger partial charge in [0, 0.05) is 22.7 Å². The van der Waals surface area contributed by atoms with Crippen LogP contribution in [0.2, 0.25) is 10.0 Å². The van der Waals surface area contributed by atoms with Gasteiger partial charge in [0.05, 0.1) is 30.5 Å². The van der Waals surface area contributed by atoms with Crippen LogP contribution in [0.4, 0.5) is 10.5 Å². The van der Waals surface area contributed by atoms with Gasteiger partial charge in [-0.3, -0.25) is 0 Å². The standard InChI is InChI=1S/C20H17Cl2N5O2/c21-16-8-14(27-20(29)24-5-6-26-27)9-17(22)15(16)7-12-1-3-13(4-2-12)19(28)18-10-23-11-25-18/h1-4,6,8-11,19,28H,5,7H2,(H,23,25)(H,24,29). The van der Waals surface area contributed by atoms with Crippen molar-refractivity contribution in [2.75, 3.05) is 11.6 Å². The van der Waals surface area contributed by atoms with Crippen LogP contribution >= 0.6 is 23.2 Å². The first kappa shape index (κ1) is 19.4. The highest BCUT2D eigenvalue weighted by Crippen LogP contribution is 2.33. The van der Waals surface area contributed by atoms with E-state index in [-0.39, 0.29) is 6.03 Å². The molecule has 0 aliphatic carbocycles. The largest absolute Gasteiger partial charge is 0.382 e. The van der Waals surface area contributed by atoms with Crippen molar-refractivity contribution in [2.45, 2.75) is 12.5 Å². The molecule has 4 rings (SSSR count). The number of imidazole rings is 1. The summed E-state index contributed by atoms with van der Waals surface area (Å²) < 4.78 is 0. The summed E-state index contributed by atoms with van der Waals surface area (Å²) in [6.07, 6.45) is 4.45. The molecule has 9 heteroatoms. The molecular formula is C20H17Cl2N5O2. The lowest BCUT2D eigenvalue weighted by molar-refractivity contribution is 0.216. The van der Waals surface area contributed by atoms with Gasteiger partial charge < -0.3 is 15.4 Å². The van der Waals surface area contributed by atoms with Gasteiger partial charge in [-0.05, 0) is 28.8 Å². The molecule has 1 atom stereocenters. The number of urea groups is 1. The molecule has 2 amide bonds. The summed E-state index contributed by atoms with van der Waals surface area (Å²) >= 11 is 12.9. The van der Waals surface area contributed by atoms with Crippen molar-refractivity contribution in [2.24, 2.45) is 5.10 Å². The van der Waals surface area contributed by atoms with Gasteiger partial charge in [0.15, 0.2) is 0 Å². The number of halogens is 2. The lowest BCUT2D eigenvalue weighted by Gasteiger charge is -2.22. The van der Waals surface area contributed by atoms with E-state index >= 15 is 0 Å². The molecule has 2 heterocycles. The second kappa shape index (κ2) is 8.24. The van der Waals surface area contributed by atoms with Crippen molar-refractivity contribution >= 4 is 41.1 Å². The number of nitrogens with one attached hydrogen (secondary N) is 2. The summed E-state index contributed by atoms with van der Waals surface area (Å²) in [6.45, 7) is 0.389. The van der Waals surface area contributed by atoms with Crippen LogP contribution in [0.5, 0.6) is 0 Å². The number of H-pyrrole nitrogens is 1. The van der Waals surface area contributed by atoms with Gasteiger partial charge in [0.25, 0.3) is 0 Å². The zero-order valence-corrected chi connectivity index (χ0v) is 16.7. The summed E-state index contributed by atoms with van der Waals surface area (Å²) in [7, 11) is 0. The molecule has 2 aromatic carbocycles. The third-order valence-corrected chi connectivity index (χ3v) is 5.27. The van der Waals surface area contributed by atoms with E-state index in [0.717, 1.165) is 16.7 Å². The summed E-state index contributed by atoms with van der Waals surface area (Å²) in [6, 6.07) is 10.5. The molecule has 0 saturated heterocycles. The van der Waals surface area contributed by atoms with Gasteiger partial charge in [-0.15, -0.1) is 0 Å². The summed E-state index contributed by atoms with van der Waals surface area (Å²) in [4.78, 5) is 18.8. The number of aliphatic hydroxyl groups excluding tert-OH is 1. The molecule has 0 saturated carbocycles. The van der Waals surface area contributed by atoms with Crippen LogP contribution in [0, 0.1) is 0 Å². The number of aromatic nitrogens is 2. The predicted molar refractivity (Wildman–Crippen MR) is 113 cm³/mol. The number of aromatic amines is 1. The van der Waals surface area contributed by atoms with Gasteiger partial charge >= 0.3 is 6.03 Å². The first-order chi connectivity index (χ1) is 14.0. The average molecular weight is 430 g/mol. The summed E-state index contributed by atoms with van der Waals surface area (Å²) in [5.74, 6) is 0. The topological polar surface area (TPSA) is 93.6 Å². The number of amides is 2. The minimum absolute atomic E-state index is 0.334. The van der Waals surface area contributed by atoms with Crippen molar-refractivity contribution in [1.82, 2.24) is 15.3 Å². The van der Waals surface area contributed by atoms with Crippen molar-refractivity contribution in [1.29, 1.82) is 0 Å². The molecule has 0 bridgehead atoms. The molecule has 3 aromatic rings. The first-order valence-electron chi connectivity index (χ1n) is 8.86. The van der Waals surface area contributed by atoms with E-state index in [1.54, 1.807) is 24.5 Å². The Morgan fingerprint density at radius 3 is 2.52 bits per heavy atom. The van der Waals surface area contributed by atoms with Crippen LogP contribution in [0.15, 0.2) is 54.0 Å². The highest BCUT2D eigenvalue weighted by atomic mass is 35.5. The number of hydrazone groups is 1. The fourth-order valence-corrected chi connectivity index (χ4v) is 3.67. The number of carbonyl (C=O) groups is 1. The van der Waals surface area contributed by atoms with Crippen molar-refractivity contribution < 1.29 is 9.90 Å². The van der Waals surface area contributed by atoms with E-state index in [4.69, 9.17) is 23.2 Å². The average Bonchev–Trinajstić information content (AvgIpc) is 3.26. The number of carbonyl (C=O) groups excluding carboxylic acids is 1. The number of nitrogens with zero attached hydrogens (tertiary/aromatic N) is 3. The zero-order chi connectivity index (χ0) is 20.4. The van der Waals surface area contributed by atoms with Gasteiger partial charge in [-0.2, -0.15) is 10.1 Å². The lowest BCUT2D eigenvalue weighted by atomic mass is 10.0. The van der Waals surface area contributed by atoms with Crippen molar-refractivity contribution in [3.05, 3.63) is 81.4 Å². The van der Waals surface area contributed by atoms with Gasteiger partial charge in [0.1, 0.15) is 6.10 Å². The monoisotopic (exact) mass is 429 g/mol. The molecule has 3 N–H and O–H groups in total. The summed E-state index contributed by atoms with van der Waals surface area (Å²) in [5, 5.41) is 19.2. The molecule has 1 aromatic heterocycles. The van der Waals surface area contributed by atoms with E-state index in [1.807, 2.05) is 24.3 Å². The van der Waals surface area contributed by atoms with Crippen LogP contribution in [0.1, 0.15) is 28.5 Å². The Morgan fingerprint density at radius 2 is 1.90 bits per heavy atom. The van der Waals surface area contributed by atoms with Gasteiger partial charge in [0.2, 0.25) is 0 Å². The Labute approximate surface area is 177 Å².